The number of fused-ring (bicyclic) bond motifs is 1. The van der Waals surface area contributed by atoms with E-state index in [1.54, 1.807) is 25.1 Å². The van der Waals surface area contributed by atoms with Gasteiger partial charge in [0.1, 0.15) is 11.6 Å². The molecule has 1 saturated heterocycles. The number of hydrogen-bond donors (Lipinski definition) is 0. The Balaban J connectivity index is 0.000000168. The molecule has 28 heavy (non-hydrogen) atoms. The predicted molar refractivity (Wildman–Crippen MR) is 112 cm³/mol. The Hall–Kier alpha value is -2.04. The normalized spacial score (nSPS) is 17.1. The molecule has 2 aliphatic rings. The van der Waals surface area contributed by atoms with Crippen molar-refractivity contribution in [1.29, 1.82) is 0 Å². The van der Waals surface area contributed by atoms with Crippen molar-refractivity contribution in [3.05, 3.63) is 71.5 Å². The molecule has 4 rings (SSSR count). The highest BCUT2D eigenvalue weighted by Gasteiger charge is 2.18. The van der Waals surface area contributed by atoms with Crippen LogP contribution in [0.25, 0.3) is 0 Å². The Morgan fingerprint density at radius 2 is 1.43 bits per heavy atom. The number of rotatable bonds is 1. The van der Waals surface area contributed by atoms with Crippen molar-refractivity contribution in [3.8, 4) is 0 Å². The van der Waals surface area contributed by atoms with E-state index in [9.17, 15) is 9.18 Å². The van der Waals surface area contributed by atoms with Crippen LogP contribution in [0.3, 0.4) is 0 Å². The molecule has 0 saturated carbocycles. The quantitative estimate of drug-likeness (QED) is 0.675. The molecule has 1 aliphatic heterocycles. The topological polar surface area (TPSA) is 29.5 Å². The number of ether oxygens (including phenoxy) is 1. The zero-order chi connectivity index (χ0) is 20.2. The van der Waals surface area contributed by atoms with Gasteiger partial charge in [-0.3, -0.25) is 4.79 Å². The minimum absolute atomic E-state index is 0.178. The zero-order valence-corrected chi connectivity index (χ0v) is 17.1. The van der Waals surface area contributed by atoms with Gasteiger partial charge in [-0.25, -0.2) is 4.39 Å². The van der Waals surface area contributed by atoms with Crippen molar-refractivity contribution >= 4 is 5.78 Å². The van der Waals surface area contributed by atoms with Gasteiger partial charge in [0.15, 0.2) is 0 Å². The number of benzene rings is 2. The number of morpholine rings is 1. The van der Waals surface area contributed by atoms with Crippen LogP contribution in [-0.4, -0.2) is 44.0 Å². The van der Waals surface area contributed by atoms with Crippen LogP contribution in [0.15, 0.2) is 54.6 Å². The van der Waals surface area contributed by atoms with Gasteiger partial charge in [-0.1, -0.05) is 42.5 Å². The second-order valence-corrected chi connectivity index (χ2v) is 7.36. The average Bonchev–Trinajstić information content (AvgIpc) is 2.93. The molecule has 0 aromatic heterocycles. The third kappa shape index (κ3) is 8.32. The summed E-state index contributed by atoms with van der Waals surface area (Å²) >= 11 is 0. The van der Waals surface area contributed by atoms with E-state index in [1.165, 1.54) is 23.3 Å². The highest BCUT2D eigenvalue weighted by atomic mass is 19.1. The summed E-state index contributed by atoms with van der Waals surface area (Å²) in [7, 11) is 2.11. The first kappa shape index (κ1) is 22.3. The number of aryl methyl sites for hydroxylation is 2. The van der Waals surface area contributed by atoms with E-state index in [2.05, 4.69) is 36.2 Å². The molecule has 1 fully saturated rings. The SMILES string of the molecule is CC(=O)C1CCc2ccccc2CC1.CN1CCOCC1.Fc1ccccc1. The van der Waals surface area contributed by atoms with Gasteiger partial charge in [0.05, 0.1) is 13.2 Å². The van der Waals surface area contributed by atoms with E-state index in [1.807, 2.05) is 0 Å². The summed E-state index contributed by atoms with van der Waals surface area (Å²) < 4.78 is 17.0. The summed E-state index contributed by atoms with van der Waals surface area (Å²) in [4.78, 5) is 13.6. The van der Waals surface area contributed by atoms with Crippen LogP contribution in [0.1, 0.15) is 30.9 Å². The fourth-order valence-corrected chi connectivity index (χ4v) is 3.32. The standard InChI is InChI=1S/C13H16O.C6H5F.C5H11NO/c1-10(14)11-6-8-12-4-2-3-5-13(12)9-7-11;7-6-4-2-1-3-5-6;1-6-2-4-7-5-3-6/h2-5,11H,6-9H2,1H3;1-5H;2-5H2,1H3. The summed E-state index contributed by atoms with van der Waals surface area (Å²) in [5.74, 6) is 0.475. The van der Waals surface area contributed by atoms with Gasteiger partial charge in [0, 0.05) is 19.0 Å². The summed E-state index contributed by atoms with van der Waals surface area (Å²) in [5.41, 5.74) is 2.88. The van der Waals surface area contributed by atoms with Crippen molar-refractivity contribution in [2.75, 3.05) is 33.4 Å². The molecule has 1 aliphatic carbocycles. The van der Waals surface area contributed by atoms with Crippen LogP contribution >= 0.6 is 0 Å². The highest BCUT2D eigenvalue weighted by molar-refractivity contribution is 5.78. The van der Waals surface area contributed by atoms with Gasteiger partial charge in [-0.2, -0.15) is 0 Å². The van der Waals surface area contributed by atoms with E-state index < -0.39 is 0 Å². The number of nitrogens with zero attached hydrogens (tertiary/aromatic N) is 1. The maximum absolute atomic E-state index is 11.9. The molecule has 0 amide bonds. The maximum atomic E-state index is 11.9. The Labute approximate surface area is 168 Å². The van der Waals surface area contributed by atoms with Crippen LogP contribution in [0.5, 0.6) is 0 Å². The van der Waals surface area contributed by atoms with E-state index in [0.717, 1.165) is 52.0 Å². The number of ketones is 1. The Kier molecular flexibility index (Phi) is 9.87. The molecule has 0 unspecified atom stereocenters. The first-order valence-corrected chi connectivity index (χ1v) is 10.1. The summed E-state index contributed by atoms with van der Waals surface area (Å²) in [6.07, 6.45) is 4.21. The molecule has 0 atom stereocenters. The van der Waals surface area contributed by atoms with Gasteiger partial charge in [0.2, 0.25) is 0 Å². The fourth-order valence-electron chi connectivity index (χ4n) is 3.32. The molecule has 2 aromatic carbocycles. The molecule has 0 bridgehead atoms. The molecular formula is C24H32FNO2. The van der Waals surface area contributed by atoms with Crippen molar-refractivity contribution in [1.82, 2.24) is 4.90 Å². The molecule has 0 spiro atoms. The molecule has 152 valence electrons. The monoisotopic (exact) mass is 385 g/mol. The van der Waals surface area contributed by atoms with E-state index in [0.29, 0.717) is 11.7 Å². The molecule has 2 aromatic rings. The van der Waals surface area contributed by atoms with E-state index >= 15 is 0 Å². The third-order valence-corrected chi connectivity index (χ3v) is 5.19. The summed E-state index contributed by atoms with van der Waals surface area (Å²) in [6, 6.07) is 16.5. The fraction of sp³-hybridized carbons (Fsp3) is 0.458. The predicted octanol–water partition coefficient (Wildman–Crippen LogP) is 4.54. The number of likely N-dealkylation sites (N-methyl/N-ethyl adjacent to an activating group) is 1. The number of carbonyl (C=O) groups excluding carboxylic acids is 1. The maximum Gasteiger partial charge on any atom is 0.132 e. The first-order chi connectivity index (χ1) is 13.6. The molecule has 1 heterocycles. The largest absolute Gasteiger partial charge is 0.379 e. The lowest BCUT2D eigenvalue weighted by Gasteiger charge is -2.21. The van der Waals surface area contributed by atoms with Crippen LogP contribution < -0.4 is 0 Å². The number of carbonyl (C=O) groups is 1. The number of hydrogen-bond acceptors (Lipinski definition) is 3. The van der Waals surface area contributed by atoms with Crippen LogP contribution in [0.4, 0.5) is 4.39 Å². The van der Waals surface area contributed by atoms with Crippen LogP contribution in [0, 0.1) is 11.7 Å². The van der Waals surface area contributed by atoms with Gasteiger partial charge < -0.3 is 9.64 Å². The average molecular weight is 386 g/mol. The zero-order valence-electron chi connectivity index (χ0n) is 17.1. The number of halogens is 1. The van der Waals surface area contributed by atoms with Crippen molar-refractivity contribution in [2.24, 2.45) is 5.92 Å². The van der Waals surface area contributed by atoms with E-state index in [-0.39, 0.29) is 5.82 Å². The number of Topliss-reactive ketones (excluding diaryl/α,β-unsaturated/α-hetero) is 1. The van der Waals surface area contributed by atoms with Gasteiger partial charge in [0.25, 0.3) is 0 Å². The Morgan fingerprint density at radius 1 is 0.929 bits per heavy atom. The Bertz CT molecular complexity index is 672. The smallest absolute Gasteiger partial charge is 0.132 e. The minimum atomic E-state index is -0.178. The highest BCUT2D eigenvalue weighted by Crippen LogP contribution is 2.24. The second-order valence-electron chi connectivity index (χ2n) is 7.36. The summed E-state index contributed by atoms with van der Waals surface area (Å²) in [6.45, 7) is 5.74. The van der Waals surface area contributed by atoms with Crippen LogP contribution in [-0.2, 0) is 22.4 Å². The molecule has 4 heteroatoms. The lowest BCUT2D eigenvalue weighted by molar-refractivity contribution is -0.121. The third-order valence-electron chi connectivity index (χ3n) is 5.19. The van der Waals surface area contributed by atoms with Crippen LogP contribution in [0.2, 0.25) is 0 Å². The molecule has 0 radical (unpaired) electrons. The summed E-state index contributed by atoms with van der Waals surface area (Å²) in [5, 5.41) is 0. The van der Waals surface area contributed by atoms with Gasteiger partial charge >= 0.3 is 0 Å². The van der Waals surface area contributed by atoms with Crippen molar-refractivity contribution < 1.29 is 13.9 Å². The van der Waals surface area contributed by atoms with Crippen molar-refractivity contribution in [3.63, 3.8) is 0 Å². The molecular weight excluding hydrogens is 353 g/mol. The minimum Gasteiger partial charge on any atom is -0.379 e. The molecule has 0 N–H and O–H groups in total. The van der Waals surface area contributed by atoms with Gasteiger partial charge in [-0.05, 0) is 62.9 Å². The van der Waals surface area contributed by atoms with Gasteiger partial charge in [-0.15, -0.1) is 0 Å². The first-order valence-electron chi connectivity index (χ1n) is 10.1. The second kappa shape index (κ2) is 12.4. The lowest BCUT2D eigenvalue weighted by atomic mass is 9.96. The van der Waals surface area contributed by atoms with E-state index in [4.69, 9.17) is 4.74 Å². The molecule has 3 nitrogen and oxygen atoms in total. The lowest BCUT2D eigenvalue weighted by Crippen LogP contribution is -2.32. The Morgan fingerprint density at radius 3 is 1.79 bits per heavy atom. The van der Waals surface area contributed by atoms with Crippen molar-refractivity contribution in [2.45, 2.75) is 32.6 Å².